The Bertz CT molecular complexity index is 340. The van der Waals surface area contributed by atoms with Gasteiger partial charge < -0.3 is 10.5 Å². The lowest BCUT2D eigenvalue weighted by Crippen LogP contribution is -2.55. The smallest absolute Gasteiger partial charge is 0.123 e. The first-order chi connectivity index (χ1) is 7.66. The molecule has 1 aliphatic rings. The van der Waals surface area contributed by atoms with Crippen molar-refractivity contribution in [3.8, 4) is 0 Å². The van der Waals surface area contributed by atoms with Crippen LogP contribution in [0.25, 0.3) is 0 Å². The quantitative estimate of drug-likeness (QED) is 0.849. The second-order valence-electron chi connectivity index (χ2n) is 4.56. The van der Waals surface area contributed by atoms with E-state index in [1.165, 1.54) is 18.6 Å². The van der Waals surface area contributed by atoms with Gasteiger partial charge in [0.2, 0.25) is 0 Å². The summed E-state index contributed by atoms with van der Waals surface area (Å²) in [7, 11) is 1.73. The van der Waals surface area contributed by atoms with Crippen molar-refractivity contribution in [2.24, 2.45) is 5.73 Å². The Morgan fingerprint density at radius 2 is 2.00 bits per heavy atom. The minimum Gasteiger partial charge on any atom is -0.377 e. The van der Waals surface area contributed by atoms with Crippen LogP contribution in [-0.4, -0.2) is 18.8 Å². The number of ether oxygens (including phenoxy) is 1. The number of hydrogen-bond acceptors (Lipinski definition) is 2. The molecular weight excluding hydrogens is 205 g/mol. The first-order valence-electron chi connectivity index (χ1n) is 5.71. The Kier molecular flexibility index (Phi) is 3.26. The highest BCUT2D eigenvalue weighted by Gasteiger charge is 2.42. The first-order valence-corrected chi connectivity index (χ1v) is 5.71. The maximum absolute atomic E-state index is 12.7. The number of hydrogen-bond donors (Lipinski definition) is 1. The lowest BCUT2D eigenvalue weighted by atomic mass is 9.73. The van der Waals surface area contributed by atoms with E-state index in [1.54, 1.807) is 19.2 Å². The standard InChI is InChI=1S/C13H18FNO/c1-16-13(7-2-8-13)12(15)9-10-3-5-11(14)6-4-10/h3-6,12H,2,7-9,15H2,1H3. The van der Waals surface area contributed by atoms with Crippen molar-refractivity contribution >= 4 is 0 Å². The monoisotopic (exact) mass is 223 g/mol. The summed E-state index contributed by atoms with van der Waals surface area (Å²) in [5, 5.41) is 0. The zero-order valence-electron chi connectivity index (χ0n) is 9.58. The largest absolute Gasteiger partial charge is 0.377 e. The van der Waals surface area contributed by atoms with E-state index in [9.17, 15) is 4.39 Å². The van der Waals surface area contributed by atoms with Crippen molar-refractivity contribution in [1.29, 1.82) is 0 Å². The molecule has 0 amide bonds. The second-order valence-corrected chi connectivity index (χ2v) is 4.56. The number of methoxy groups -OCH3 is 1. The third-order valence-corrected chi connectivity index (χ3v) is 3.65. The summed E-state index contributed by atoms with van der Waals surface area (Å²) in [5.41, 5.74) is 7.10. The lowest BCUT2D eigenvalue weighted by molar-refractivity contribution is -0.0897. The Balaban J connectivity index is 2.01. The molecule has 1 saturated carbocycles. The molecule has 88 valence electrons. The van der Waals surface area contributed by atoms with E-state index in [1.807, 2.05) is 0 Å². The third-order valence-electron chi connectivity index (χ3n) is 3.65. The molecule has 0 aromatic heterocycles. The fraction of sp³-hybridized carbons (Fsp3) is 0.538. The molecule has 16 heavy (non-hydrogen) atoms. The van der Waals surface area contributed by atoms with E-state index in [2.05, 4.69) is 0 Å². The van der Waals surface area contributed by atoms with Crippen molar-refractivity contribution in [3.63, 3.8) is 0 Å². The van der Waals surface area contributed by atoms with Gasteiger partial charge in [0.1, 0.15) is 5.82 Å². The van der Waals surface area contributed by atoms with E-state index in [4.69, 9.17) is 10.5 Å². The molecule has 0 spiro atoms. The van der Waals surface area contributed by atoms with Gasteiger partial charge in [0.25, 0.3) is 0 Å². The maximum atomic E-state index is 12.7. The summed E-state index contributed by atoms with van der Waals surface area (Å²) in [5.74, 6) is -0.206. The van der Waals surface area contributed by atoms with Crippen LogP contribution in [0.3, 0.4) is 0 Å². The fourth-order valence-corrected chi connectivity index (χ4v) is 2.31. The Morgan fingerprint density at radius 3 is 2.44 bits per heavy atom. The Morgan fingerprint density at radius 1 is 1.38 bits per heavy atom. The molecule has 0 heterocycles. The number of nitrogens with two attached hydrogens (primary N) is 1. The van der Waals surface area contributed by atoms with Crippen LogP contribution in [0.1, 0.15) is 24.8 Å². The van der Waals surface area contributed by atoms with Crippen LogP contribution in [0.5, 0.6) is 0 Å². The Labute approximate surface area is 95.6 Å². The van der Waals surface area contributed by atoms with Crippen molar-refractivity contribution in [1.82, 2.24) is 0 Å². The van der Waals surface area contributed by atoms with Crippen LogP contribution in [0.15, 0.2) is 24.3 Å². The van der Waals surface area contributed by atoms with Gasteiger partial charge in [-0.05, 0) is 43.4 Å². The van der Waals surface area contributed by atoms with Gasteiger partial charge in [-0.2, -0.15) is 0 Å². The van der Waals surface area contributed by atoms with Gasteiger partial charge >= 0.3 is 0 Å². The first kappa shape index (κ1) is 11.6. The third kappa shape index (κ3) is 2.11. The molecule has 2 rings (SSSR count). The van der Waals surface area contributed by atoms with E-state index in [0.29, 0.717) is 0 Å². The van der Waals surface area contributed by atoms with E-state index < -0.39 is 0 Å². The molecule has 1 unspecified atom stereocenters. The normalized spacial score (nSPS) is 20.2. The highest BCUT2D eigenvalue weighted by molar-refractivity contribution is 5.18. The summed E-state index contributed by atoms with van der Waals surface area (Å²) >= 11 is 0. The highest BCUT2D eigenvalue weighted by atomic mass is 19.1. The summed E-state index contributed by atoms with van der Waals surface area (Å²) in [6.45, 7) is 0. The Hall–Kier alpha value is -0.930. The predicted octanol–water partition coefficient (Wildman–Crippen LogP) is 2.26. The van der Waals surface area contributed by atoms with Gasteiger partial charge in [0.05, 0.1) is 5.60 Å². The van der Waals surface area contributed by atoms with Crippen molar-refractivity contribution in [2.75, 3.05) is 7.11 Å². The van der Waals surface area contributed by atoms with Crippen molar-refractivity contribution < 1.29 is 9.13 Å². The van der Waals surface area contributed by atoms with Crippen LogP contribution in [0.4, 0.5) is 4.39 Å². The molecule has 1 aromatic rings. The van der Waals surface area contributed by atoms with Crippen molar-refractivity contribution in [3.05, 3.63) is 35.6 Å². The average molecular weight is 223 g/mol. The van der Waals surface area contributed by atoms with Gasteiger partial charge in [-0.1, -0.05) is 12.1 Å². The molecule has 3 heteroatoms. The van der Waals surface area contributed by atoms with E-state index in [-0.39, 0.29) is 17.5 Å². The van der Waals surface area contributed by atoms with Gasteiger partial charge in [0.15, 0.2) is 0 Å². The molecule has 0 bridgehead atoms. The maximum Gasteiger partial charge on any atom is 0.123 e. The van der Waals surface area contributed by atoms with Gasteiger partial charge in [-0.25, -0.2) is 4.39 Å². The predicted molar refractivity (Wildman–Crippen MR) is 61.7 cm³/mol. The molecule has 1 aromatic carbocycles. The summed E-state index contributed by atoms with van der Waals surface area (Å²) < 4.78 is 18.3. The molecule has 2 nitrogen and oxygen atoms in total. The van der Waals surface area contributed by atoms with Crippen LogP contribution in [0.2, 0.25) is 0 Å². The molecule has 1 fully saturated rings. The highest BCUT2D eigenvalue weighted by Crippen LogP contribution is 2.38. The molecule has 0 aliphatic heterocycles. The molecule has 1 aliphatic carbocycles. The number of rotatable bonds is 4. The van der Waals surface area contributed by atoms with Gasteiger partial charge in [-0.3, -0.25) is 0 Å². The molecule has 1 atom stereocenters. The molecule has 0 radical (unpaired) electrons. The van der Waals surface area contributed by atoms with E-state index in [0.717, 1.165) is 24.8 Å². The number of halogens is 1. The fourth-order valence-electron chi connectivity index (χ4n) is 2.31. The van der Waals surface area contributed by atoms with Crippen LogP contribution in [0, 0.1) is 5.82 Å². The second kappa shape index (κ2) is 4.52. The van der Waals surface area contributed by atoms with Gasteiger partial charge in [0, 0.05) is 13.2 Å². The molecule has 0 saturated heterocycles. The van der Waals surface area contributed by atoms with E-state index >= 15 is 0 Å². The number of benzene rings is 1. The summed E-state index contributed by atoms with van der Waals surface area (Å²) in [6, 6.07) is 6.52. The SMILES string of the molecule is COC1(C(N)Cc2ccc(F)cc2)CCC1. The topological polar surface area (TPSA) is 35.2 Å². The minimum absolute atomic E-state index is 0.00305. The molecule has 2 N–H and O–H groups in total. The van der Waals surface area contributed by atoms with Crippen LogP contribution >= 0.6 is 0 Å². The average Bonchev–Trinajstić information content (AvgIpc) is 2.21. The minimum atomic E-state index is -0.206. The lowest BCUT2D eigenvalue weighted by Gasteiger charge is -2.45. The van der Waals surface area contributed by atoms with Crippen LogP contribution < -0.4 is 5.73 Å². The molecular formula is C13H18FNO. The van der Waals surface area contributed by atoms with Crippen molar-refractivity contribution in [2.45, 2.75) is 37.3 Å². The zero-order chi connectivity index (χ0) is 11.6. The van der Waals surface area contributed by atoms with Gasteiger partial charge in [-0.15, -0.1) is 0 Å². The zero-order valence-corrected chi connectivity index (χ0v) is 9.58. The summed E-state index contributed by atoms with van der Waals surface area (Å²) in [6.07, 6.45) is 4.00. The summed E-state index contributed by atoms with van der Waals surface area (Å²) in [4.78, 5) is 0. The van der Waals surface area contributed by atoms with Crippen LogP contribution in [-0.2, 0) is 11.2 Å².